The Balaban J connectivity index is 1.66. The first kappa shape index (κ1) is 12.1. The van der Waals surface area contributed by atoms with Gasteiger partial charge in [0.2, 0.25) is 6.29 Å². The van der Waals surface area contributed by atoms with Crippen LogP contribution in [0.2, 0.25) is 0 Å². The molecule has 3 rings (SSSR count). The lowest BCUT2D eigenvalue weighted by atomic mass is 10.2. The molecular weight excluding hydrogens is 240 g/mol. The van der Waals surface area contributed by atoms with Gasteiger partial charge in [0.05, 0.1) is 0 Å². The molecule has 1 aliphatic rings. The van der Waals surface area contributed by atoms with Gasteiger partial charge in [0, 0.05) is 0 Å². The van der Waals surface area contributed by atoms with Crippen LogP contribution in [0.3, 0.4) is 0 Å². The van der Waals surface area contributed by atoms with E-state index in [1.807, 2.05) is 61.5 Å². The quantitative estimate of drug-likeness (QED) is 0.768. The van der Waals surface area contributed by atoms with Crippen molar-refractivity contribution in [3.8, 4) is 11.5 Å². The minimum atomic E-state index is -0.138. The van der Waals surface area contributed by atoms with E-state index in [1.54, 1.807) is 0 Å². The molecule has 0 spiro atoms. The lowest BCUT2D eigenvalue weighted by Crippen LogP contribution is -2.04. The maximum absolute atomic E-state index is 5.81. The molecule has 1 aliphatic heterocycles. The van der Waals surface area contributed by atoms with Gasteiger partial charge in [-0.1, -0.05) is 42.5 Å². The molecule has 0 bridgehead atoms. The molecule has 1 heterocycles. The first-order chi connectivity index (χ1) is 9.33. The third kappa shape index (κ3) is 3.06. The molecule has 98 valence electrons. The fourth-order valence-electron chi connectivity index (χ4n) is 1.82. The van der Waals surface area contributed by atoms with Gasteiger partial charge in [-0.2, -0.15) is 0 Å². The summed E-state index contributed by atoms with van der Waals surface area (Å²) in [6.07, 6.45) is 0.0312. The third-order valence-electron chi connectivity index (χ3n) is 2.98. The summed E-state index contributed by atoms with van der Waals surface area (Å²) in [5.74, 6) is 1.47. The highest BCUT2D eigenvalue weighted by atomic mass is 16.8. The largest absolute Gasteiger partial charge is 0.485 e. The Morgan fingerprint density at radius 3 is 2.26 bits per heavy atom. The van der Waals surface area contributed by atoms with Gasteiger partial charge >= 0.3 is 0 Å². The Hall–Kier alpha value is -2.00. The average Bonchev–Trinajstić information content (AvgIpc) is 3.14. The van der Waals surface area contributed by atoms with Gasteiger partial charge in [0.1, 0.15) is 12.7 Å². The number of hydrogen-bond donors (Lipinski definition) is 0. The molecule has 0 amide bonds. The Labute approximate surface area is 112 Å². The standard InChI is InChI=1S/C16H16O3/c1-12-16(18-12)19-15-10-6-5-9-14(15)17-11-13-7-3-2-4-8-13/h2-10,12,16H,11H2,1H3. The van der Waals surface area contributed by atoms with Crippen molar-refractivity contribution in [2.24, 2.45) is 0 Å². The van der Waals surface area contributed by atoms with E-state index in [2.05, 4.69) is 0 Å². The summed E-state index contributed by atoms with van der Waals surface area (Å²) in [5.41, 5.74) is 1.13. The van der Waals surface area contributed by atoms with E-state index in [0.29, 0.717) is 6.61 Å². The molecule has 1 saturated heterocycles. The second kappa shape index (κ2) is 5.33. The van der Waals surface area contributed by atoms with E-state index in [-0.39, 0.29) is 12.4 Å². The summed E-state index contributed by atoms with van der Waals surface area (Å²) < 4.78 is 16.8. The Morgan fingerprint density at radius 1 is 0.947 bits per heavy atom. The van der Waals surface area contributed by atoms with Gasteiger partial charge in [0.25, 0.3) is 0 Å². The summed E-state index contributed by atoms with van der Waals surface area (Å²) in [5, 5.41) is 0. The molecule has 2 unspecified atom stereocenters. The number of epoxide rings is 1. The van der Waals surface area contributed by atoms with Crippen LogP contribution in [0.15, 0.2) is 54.6 Å². The highest BCUT2D eigenvalue weighted by Gasteiger charge is 2.37. The van der Waals surface area contributed by atoms with Crippen LogP contribution in [-0.2, 0) is 11.3 Å². The van der Waals surface area contributed by atoms with Gasteiger partial charge in [-0.05, 0) is 24.6 Å². The zero-order valence-corrected chi connectivity index (χ0v) is 10.8. The topological polar surface area (TPSA) is 31.0 Å². The number of para-hydroxylation sites is 2. The molecule has 0 aromatic heterocycles. The molecule has 1 fully saturated rings. The van der Waals surface area contributed by atoms with Crippen LogP contribution < -0.4 is 9.47 Å². The lowest BCUT2D eigenvalue weighted by molar-refractivity contribution is 0.168. The second-order valence-corrected chi connectivity index (χ2v) is 4.55. The normalized spacial score (nSPS) is 20.9. The summed E-state index contributed by atoms with van der Waals surface area (Å²) in [4.78, 5) is 0. The molecule has 0 radical (unpaired) electrons. The monoisotopic (exact) mass is 256 g/mol. The zero-order valence-electron chi connectivity index (χ0n) is 10.8. The van der Waals surface area contributed by atoms with E-state index in [1.165, 1.54) is 0 Å². The van der Waals surface area contributed by atoms with Gasteiger partial charge in [0.15, 0.2) is 11.5 Å². The fraction of sp³-hybridized carbons (Fsp3) is 0.250. The van der Waals surface area contributed by atoms with E-state index in [4.69, 9.17) is 14.2 Å². The molecule has 19 heavy (non-hydrogen) atoms. The van der Waals surface area contributed by atoms with E-state index in [9.17, 15) is 0 Å². The highest BCUT2D eigenvalue weighted by Crippen LogP contribution is 2.32. The van der Waals surface area contributed by atoms with Gasteiger partial charge in [-0.25, -0.2) is 0 Å². The predicted octanol–water partition coefficient (Wildman–Crippen LogP) is 3.39. The molecule has 2 atom stereocenters. The van der Waals surface area contributed by atoms with Crippen LogP contribution in [0.1, 0.15) is 12.5 Å². The molecule has 0 saturated carbocycles. The molecular formula is C16H16O3. The van der Waals surface area contributed by atoms with Gasteiger partial charge in [-0.15, -0.1) is 0 Å². The predicted molar refractivity (Wildman–Crippen MR) is 72.2 cm³/mol. The van der Waals surface area contributed by atoms with Crippen LogP contribution >= 0.6 is 0 Å². The van der Waals surface area contributed by atoms with Crippen LogP contribution in [0.5, 0.6) is 11.5 Å². The summed E-state index contributed by atoms with van der Waals surface area (Å²) in [6, 6.07) is 17.7. The third-order valence-corrected chi connectivity index (χ3v) is 2.98. The highest BCUT2D eigenvalue weighted by molar-refractivity contribution is 5.40. The maximum atomic E-state index is 5.81. The average molecular weight is 256 g/mol. The molecule has 0 N–H and O–H groups in total. The van der Waals surface area contributed by atoms with Crippen LogP contribution in [0.4, 0.5) is 0 Å². The van der Waals surface area contributed by atoms with Crippen LogP contribution in [0, 0.1) is 0 Å². The van der Waals surface area contributed by atoms with Crippen molar-refractivity contribution < 1.29 is 14.2 Å². The van der Waals surface area contributed by atoms with Crippen molar-refractivity contribution >= 4 is 0 Å². The van der Waals surface area contributed by atoms with Crippen LogP contribution in [-0.4, -0.2) is 12.4 Å². The first-order valence-corrected chi connectivity index (χ1v) is 6.41. The van der Waals surface area contributed by atoms with Crippen molar-refractivity contribution in [2.45, 2.75) is 25.9 Å². The summed E-state index contributed by atoms with van der Waals surface area (Å²) >= 11 is 0. The summed E-state index contributed by atoms with van der Waals surface area (Å²) in [7, 11) is 0. The second-order valence-electron chi connectivity index (χ2n) is 4.55. The Bertz CT molecular complexity index is 539. The van der Waals surface area contributed by atoms with Gasteiger partial charge < -0.3 is 14.2 Å². The van der Waals surface area contributed by atoms with Gasteiger partial charge in [-0.3, -0.25) is 0 Å². The van der Waals surface area contributed by atoms with Crippen molar-refractivity contribution in [1.82, 2.24) is 0 Å². The molecule has 0 aliphatic carbocycles. The smallest absolute Gasteiger partial charge is 0.226 e. The summed E-state index contributed by atoms with van der Waals surface area (Å²) in [6.45, 7) is 2.51. The van der Waals surface area contributed by atoms with Crippen molar-refractivity contribution in [2.75, 3.05) is 0 Å². The molecule has 2 aromatic carbocycles. The van der Waals surface area contributed by atoms with Crippen molar-refractivity contribution in [3.05, 3.63) is 60.2 Å². The van der Waals surface area contributed by atoms with E-state index < -0.39 is 0 Å². The number of ether oxygens (including phenoxy) is 3. The number of benzene rings is 2. The first-order valence-electron chi connectivity index (χ1n) is 6.41. The SMILES string of the molecule is CC1OC1Oc1ccccc1OCc1ccccc1. The molecule has 3 heteroatoms. The van der Waals surface area contributed by atoms with Crippen molar-refractivity contribution in [3.63, 3.8) is 0 Å². The molecule has 3 nitrogen and oxygen atoms in total. The van der Waals surface area contributed by atoms with Crippen molar-refractivity contribution in [1.29, 1.82) is 0 Å². The fourth-order valence-corrected chi connectivity index (χ4v) is 1.82. The minimum absolute atomic E-state index is 0.138. The Kier molecular flexibility index (Phi) is 3.38. The number of hydrogen-bond acceptors (Lipinski definition) is 3. The molecule has 2 aromatic rings. The Morgan fingerprint density at radius 2 is 1.58 bits per heavy atom. The minimum Gasteiger partial charge on any atom is -0.485 e. The van der Waals surface area contributed by atoms with Crippen LogP contribution in [0.25, 0.3) is 0 Å². The van der Waals surface area contributed by atoms with E-state index >= 15 is 0 Å². The van der Waals surface area contributed by atoms with E-state index in [0.717, 1.165) is 17.1 Å². The number of rotatable bonds is 5. The zero-order chi connectivity index (χ0) is 13.1. The maximum Gasteiger partial charge on any atom is 0.226 e. The lowest BCUT2D eigenvalue weighted by Gasteiger charge is -2.11.